The van der Waals surface area contributed by atoms with E-state index >= 15 is 0 Å². The molecule has 2 aliphatic heterocycles. The summed E-state index contributed by atoms with van der Waals surface area (Å²) in [5.41, 5.74) is 0.668. The molecule has 0 aromatic heterocycles. The summed E-state index contributed by atoms with van der Waals surface area (Å²) in [5.74, 6) is -2.62. The van der Waals surface area contributed by atoms with Crippen LogP contribution in [0.2, 0.25) is 0 Å². The highest BCUT2D eigenvalue weighted by Gasteiger charge is 2.76. The number of aryl methyl sites for hydroxylation is 2. The Balaban J connectivity index is 0.000000382. The van der Waals surface area contributed by atoms with E-state index < -0.39 is 40.8 Å². The predicted octanol–water partition coefficient (Wildman–Crippen LogP) is 7.17. The number of fused-ring (bicyclic) bond motifs is 3. The van der Waals surface area contributed by atoms with Crippen LogP contribution in [0.1, 0.15) is 46.8 Å². The largest absolute Gasteiger partial charge is 0.467 e. The van der Waals surface area contributed by atoms with Gasteiger partial charge in [0.15, 0.2) is 16.8 Å². The van der Waals surface area contributed by atoms with Gasteiger partial charge in [-0.15, -0.1) is 0 Å². The van der Waals surface area contributed by atoms with Crippen LogP contribution in [0.15, 0.2) is 108 Å². The molecule has 4 aromatic carbocycles. The molecule has 4 aromatic rings. The molecule has 0 bridgehead atoms. The normalized spacial score (nSPS) is 23.9. The topological polar surface area (TPSA) is 78.9 Å². The quantitative estimate of drug-likeness (QED) is 0.136. The van der Waals surface area contributed by atoms with Gasteiger partial charge in [-0.1, -0.05) is 112 Å². The maximum absolute atomic E-state index is 13.8. The van der Waals surface area contributed by atoms with Gasteiger partial charge in [-0.05, 0) is 50.1 Å². The van der Waals surface area contributed by atoms with Crippen molar-refractivity contribution in [3.8, 4) is 5.75 Å². The zero-order valence-electron chi connectivity index (χ0n) is 23.8. The van der Waals surface area contributed by atoms with E-state index in [0.717, 1.165) is 4.47 Å². The first-order chi connectivity index (χ1) is 20.2. The Bertz CT molecular complexity index is 1590. The highest BCUT2D eigenvalue weighted by Crippen LogP contribution is 2.68. The lowest BCUT2D eigenvalue weighted by Crippen LogP contribution is -2.53. The molecule has 1 saturated heterocycles. The van der Waals surface area contributed by atoms with Crippen molar-refractivity contribution in [2.24, 2.45) is 5.41 Å². The van der Waals surface area contributed by atoms with Gasteiger partial charge >= 0.3 is 11.9 Å². The van der Waals surface area contributed by atoms with E-state index in [2.05, 4.69) is 54.0 Å². The number of methoxy groups -OCH3 is 1. The summed E-state index contributed by atoms with van der Waals surface area (Å²) in [6.45, 7) is 5.54. The second-order valence-corrected chi connectivity index (χ2v) is 11.5. The third-order valence-electron chi connectivity index (χ3n) is 8.01. The zero-order valence-corrected chi connectivity index (χ0v) is 25.4. The van der Waals surface area contributed by atoms with E-state index in [1.165, 1.54) is 25.2 Å². The standard InChI is InChI=1S/C27H21BrO6.C8H10/c1-16(29)26-22(20-10-6-7-11-21(20)33-24(26)30)27(25(31)32-2,18-8-4-3-5-9-18)34-23(26)17-12-14-19(28)15-13-17;1-7-3-5-8(2)6-4-7/h3-15,22-23H,1-2H3;3-6H,1-2H3/t22-,23-,26+,27+;/m0./s1. The van der Waals surface area contributed by atoms with E-state index in [1.54, 1.807) is 72.8 Å². The lowest BCUT2D eigenvalue weighted by atomic mass is 9.59. The van der Waals surface area contributed by atoms with Crippen LogP contribution in [0.25, 0.3) is 0 Å². The van der Waals surface area contributed by atoms with Crippen molar-refractivity contribution in [1.29, 1.82) is 0 Å². The second kappa shape index (κ2) is 11.7. The van der Waals surface area contributed by atoms with Crippen LogP contribution in [0.5, 0.6) is 5.75 Å². The Kier molecular flexibility index (Phi) is 8.17. The van der Waals surface area contributed by atoms with Crippen LogP contribution in [-0.4, -0.2) is 24.8 Å². The van der Waals surface area contributed by atoms with E-state index in [9.17, 15) is 14.4 Å². The molecule has 6 rings (SSSR count). The second-order valence-electron chi connectivity index (χ2n) is 10.6. The van der Waals surface area contributed by atoms with Crippen molar-refractivity contribution < 1.29 is 28.6 Å². The van der Waals surface area contributed by atoms with Crippen molar-refractivity contribution in [3.63, 3.8) is 0 Å². The van der Waals surface area contributed by atoms with Crippen molar-refractivity contribution in [2.75, 3.05) is 7.11 Å². The van der Waals surface area contributed by atoms with Crippen LogP contribution in [0.4, 0.5) is 0 Å². The fourth-order valence-corrected chi connectivity index (χ4v) is 6.26. The molecular weight excluding hydrogens is 596 g/mol. The third-order valence-corrected chi connectivity index (χ3v) is 8.54. The average Bonchev–Trinajstić information content (AvgIpc) is 3.34. The number of halogens is 1. The Morgan fingerprint density at radius 2 is 1.38 bits per heavy atom. The molecule has 0 spiro atoms. The maximum Gasteiger partial charge on any atom is 0.343 e. The minimum atomic E-state index is -1.81. The average molecular weight is 628 g/mol. The van der Waals surface area contributed by atoms with Crippen molar-refractivity contribution >= 4 is 33.7 Å². The van der Waals surface area contributed by atoms with Crippen LogP contribution in [0.3, 0.4) is 0 Å². The molecule has 6 nitrogen and oxygen atoms in total. The predicted molar refractivity (Wildman–Crippen MR) is 162 cm³/mol. The molecule has 2 heterocycles. The third kappa shape index (κ3) is 4.76. The van der Waals surface area contributed by atoms with Crippen molar-refractivity contribution in [2.45, 2.75) is 38.4 Å². The molecular formula is C35H31BrO6. The number of ketones is 1. The van der Waals surface area contributed by atoms with Crippen molar-refractivity contribution in [3.05, 3.63) is 135 Å². The summed E-state index contributed by atoms with van der Waals surface area (Å²) in [4.78, 5) is 41.0. The van der Waals surface area contributed by atoms with Crippen LogP contribution < -0.4 is 4.74 Å². The summed E-state index contributed by atoms with van der Waals surface area (Å²) in [5, 5.41) is 0. The molecule has 2 aliphatic rings. The number of hydrogen-bond donors (Lipinski definition) is 0. The van der Waals surface area contributed by atoms with Gasteiger partial charge in [0.1, 0.15) is 11.9 Å². The van der Waals surface area contributed by atoms with Gasteiger partial charge in [0.2, 0.25) is 0 Å². The van der Waals surface area contributed by atoms with E-state index in [-0.39, 0.29) is 0 Å². The monoisotopic (exact) mass is 626 g/mol. The lowest BCUT2D eigenvalue weighted by Gasteiger charge is -2.41. The molecule has 7 heteroatoms. The molecule has 0 aliphatic carbocycles. The Morgan fingerprint density at radius 3 is 1.95 bits per heavy atom. The van der Waals surface area contributed by atoms with Gasteiger partial charge in [0, 0.05) is 10.0 Å². The number of benzene rings is 4. The molecule has 0 saturated carbocycles. The van der Waals surface area contributed by atoms with E-state index in [0.29, 0.717) is 22.4 Å². The number of esters is 2. The smallest absolute Gasteiger partial charge is 0.343 e. The van der Waals surface area contributed by atoms with E-state index in [1.807, 2.05) is 6.07 Å². The first-order valence-corrected chi connectivity index (χ1v) is 14.4. The van der Waals surface area contributed by atoms with Gasteiger partial charge in [-0.25, -0.2) is 4.79 Å². The van der Waals surface area contributed by atoms with Crippen LogP contribution in [0, 0.1) is 19.3 Å². The summed E-state index contributed by atoms with van der Waals surface area (Å²) in [6.07, 6.45) is -1.09. The molecule has 214 valence electrons. The first-order valence-electron chi connectivity index (χ1n) is 13.6. The molecule has 0 amide bonds. The first kappa shape index (κ1) is 29.4. The number of ether oxygens (including phenoxy) is 3. The van der Waals surface area contributed by atoms with Gasteiger partial charge in [-0.3, -0.25) is 9.59 Å². The Hall–Kier alpha value is -4.07. The summed E-state index contributed by atoms with van der Waals surface area (Å²) in [6, 6.07) is 31.4. The minimum absolute atomic E-state index is 0.290. The molecule has 1 fully saturated rings. The van der Waals surface area contributed by atoms with Gasteiger partial charge in [-0.2, -0.15) is 0 Å². The minimum Gasteiger partial charge on any atom is -0.467 e. The fourth-order valence-electron chi connectivity index (χ4n) is 6.00. The molecule has 4 atom stereocenters. The number of para-hydroxylation sites is 1. The SMILES string of the molecule is COC(=O)[C@]1(c2ccccc2)O[C@@H](c2ccc(Br)cc2)[C@]2(C(C)=O)C(=O)Oc3ccccc3[C@@H]21.Cc1ccc(C)cc1. The summed E-state index contributed by atoms with van der Waals surface area (Å²) < 4.78 is 18.5. The number of carbonyl (C=O) groups excluding carboxylic acids is 3. The molecule has 0 radical (unpaired) electrons. The maximum atomic E-state index is 13.8. The zero-order chi connectivity index (χ0) is 30.1. The Morgan fingerprint density at radius 1 is 0.810 bits per heavy atom. The fraction of sp³-hybridized carbons (Fsp3) is 0.229. The number of Topliss-reactive ketones (excluding diaryl/α,β-unsaturated/α-hetero) is 1. The van der Waals surface area contributed by atoms with Gasteiger partial charge < -0.3 is 14.2 Å². The highest BCUT2D eigenvalue weighted by molar-refractivity contribution is 9.10. The number of carbonyl (C=O) groups is 3. The molecule has 0 unspecified atom stereocenters. The number of rotatable bonds is 4. The molecule has 0 N–H and O–H groups in total. The summed E-state index contributed by atoms with van der Waals surface area (Å²) in [7, 11) is 1.27. The van der Waals surface area contributed by atoms with Crippen molar-refractivity contribution in [1.82, 2.24) is 0 Å². The number of hydrogen-bond acceptors (Lipinski definition) is 6. The highest BCUT2D eigenvalue weighted by atomic mass is 79.9. The molecule has 42 heavy (non-hydrogen) atoms. The summed E-state index contributed by atoms with van der Waals surface area (Å²) >= 11 is 3.42. The van der Waals surface area contributed by atoms with Gasteiger partial charge in [0.05, 0.1) is 13.0 Å². The lowest BCUT2D eigenvalue weighted by molar-refractivity contribution is -0.172. The Labute approximate surface area is 253 Å². The van der Waals surface area contributed by atoms with Gasteiger partial charge in [0.25, 0.3) is 0 Å². The van der Waals surface area contributed by atoms with E-state index in [4.69, 9.17) is 14.2 Å². The van der Waals surface area contributed by atoms with Crippen LogP contribution >= 0.6 is 15.9 Å². The van der Waals surface area contributed by atoms with Crippen LogP contribution in [-0.2, 0) is 29.5 Å².